The predicted octanol–water partition coefficient (Wildman–Crippen LogP) is 4.12. The molecule has 1 heterocycles. The summed E-state index contributed by atoms with van der Waals surface area (Å²) in [6.45, 7) is 0. The molecular weight excluding hydrogens is 407 g/mol. The molecule has 0 unspecified atom stereocenters. The third-order valence-corrected chi connectivity index (χ3v) is 4.14. The molecule has 150 valence electrons. The van der Waals surface area contributed by atoms with Gasteiger partial charge >= 0.3 is 6.18 Å². The number of benzene rings is 2. The van der Waals surface area contributed by atoms with Gasteiger partial charge in [0.05, 0.1) is 16.8 Å². The minimum atomic E-state index is -4.48. The molecule has 0 spiro atoms. The van der Waals surface area contributed by atoms with Gasteiger partial charge in [-0.25, -0.2) is 0 Å². The van der Waals surface area contributed by atoms with Crippen LogP contribution in [0.5, 0.6) is 0 Å². The summed E-state index contributed by atoms with van der Waals surface area (Å²) in [5, 5.41) is 12.0. The fourth-order valence-electron chi connectivity index (χ4n) is 2.55. The number of halogens is 4. The van der Waals surface area contributed by atoms with Crippen molar-refractivity contribution >= 4 is 23.0 Å². The van der Waals surface area contributed by atoms with Gasteiger partial charge in [0.15, 0.2) is 11.6 Å². The smallest absolute Gasteiger partial charge is 0.383 e. The second-order valence-corrected chi connectivity index (χ2v) is 6.74. The number of carbonyl (C=O) groups is 1. The second-order valence-electron chi connectivity index (χ2n) is 6.30. The van der Waals surface area contributed by atoms with Crippen molar-refractivity contribution in [1.29, 1.82) is 0 Å². The Hall–Kier alpha value is -3.20. The normalized spacial score (nSPS) is 12.1. The first-order chi connectivity index (χ1) is 13.7. The number of hydrogen-bond acceptors (Lipinski definition) is 5. The molecule has 0 atom stereocenters. The summed E-state index contributed by atoms with van der Waals surface area (Å²) in [5.74, 6) is -0.372. The Kier molecular flexibility index (Phi) is 5.69. The van der Waals surface area contributed by atoms with Gasteiger partial charge in [0.2, 0.25) is 0 Å². The first-order valence-electron chi connectivity index (χ1n) is 8.31. The van der Waals surface area contributed by atoms with E-state index in [1.807, 2.05) is 0 Å². The predicted molar refractivity (Wildman–Crippen MR) is 102 cm³/mol. The van der Waals surface area contributed by atoms with Crippen molar-refractivity contribution in [2.45, 2.75) is 6.18 Å². The van der Waals surface area contributed by atoms with Crippen molar-refractivity contribution in [3.63, 3.8) is 0 Å². The van der Waals surface area contributed by atoms with Crippen molar-refractivity contribution in [2.24, 2.45) is 0 Å². The topological polar surface area (TPSA) is 63.9 Å². The molecule has 6 nitrogen and oxygen atoms in total. The van der Waals surface area contributed by atoms with Gasteiger partial charge in [0.1, 0.15) is 0 Å². The van der Waals surface area contributed by atoms with Gasteiger partial charge in [0, 0.05) is 30.9 Å². The number of hydrogen-bond donors (Lipinski definition) is 0. The summed E-state index contributed by atoms with van der Waals surface area (Å²) in [7, 11) is 3.41. The van der Waals surface area contributed by atoms with Gasteiger partial charge < -0.3 is 4.90 Å². The molecule has 0 saturated carbocycles. The molecule has 29 heavy (non-hydrogen) atoms. The summed E-state index contributed by atoms with van der Waals surface area (Å²) in [4.78, 5) is 14.7. The molecule has 10 heteroatoms. The summed E-state index contributed by atoms with van der Waals surface area (Å²) in [6, 6.07) is 10.6. The van der Waals surface area contributed by atoms with Crippen LogP contribution in [0.1, 0.15) is 21.7 Å². The summed E-state index contributed by atoms with van der Waals surface area (Å²) >= 11 is 5.91. The average Bonchev–Trinajstić information content (AvgIpc) is 3.15. The maximum absolute atomic E-state index is 13.1. The van der Waals surface area contributed by atoms with E-state index >= 15 is 0 Å². The number of nitrogens with zero attached hydrogens (tertiary/aromatic N) is 5. The number of rotatable bonds is 5. The number of tetrazole rings is 1. The van der Waals surface area contributed by atoms with Crippen molar-refractivity contribution in [3.8, 4) is 5.69 Å². The molecular formula is C19H15ClF3N5O. The standard InChI is InChI=1S/C19H15ClF3N5O/c1-27(2)11-16(17(29)12-3-5-13(6-4-12)19(21,22)23)18-24-25-26-28(18)15-9-7-14(20)8-10-15/h3-11H,1-2H3/b16-11-. The van der Waals surface area contributed by atoms with E-state index in [-0.39, 0.29) is 17.0 Å². The Morgan fingerprint density at radius 2 is 1.69 bits per heavy atom. The average molecular weight is 422 g/mol. The summed E-state index contributed by atoms with van der Waals surface area (Å²) in [6.07, 6.45) is -2.97. The summed E-state index contributed by atoms with van der Waals surface area (Å²) < 4.78 is 39.8. The van der Waals surface area contributed by atoms with Crippen LogP contribution in [0.4, 0.5) is 13.2 Å². The molecule has 0 aliphatic heterocycles. The third-order valence-electron chi connectivity index (χ3n) is 3.89. The highest BCUT2D eigenvalue weighted by Gasteiger charge is 2.30. The lowest BCUT2D eigenvalue weighted by Gasteiger charge is -2.12. The van der Waals surface area contributed by atoms with Crippen molar-refractivity contribution in [3.05, 3.63) is 76.7 Å². The van der Waals surface area contributed by atoms with Crippen LogP contribution in [-0.2, 0) is 6.18 Å². The van der Waals surface area contributed by atoms with Gasteiger partial charge in [-0.15, -0.1) is 5.10 Å². The van der Waals surface area contributed by atoms with E-state index in [4.69, 9.17) is 11.6 Å². The maximum Gasteiger partial charge on any atom is 0.416 e. The zero-order chi connectivity index (χ0) is 21.2. The molecule has 0 N–H and O–H groups in total. The molecule has 2 aromatic carbocycles. The van der Waals surface area contributed by atoms with E-state index in [1.165, 1.54) is 10.9 Å². The summed E-state index contributed by atoms with van der Waals surface area (Å²) in [5.41, 5.74) is -0.0658. The van der Waals surface area contributed by atoms with Gasteiger partial charge in [-0.05, 0) is 46.8 Å². The molecule has 0 saturated heterocycles. The Balaban J connectivity index is 2.03. The molecule has 0 radical (unpaired) electrons. The van der Waals surface area contributed by atoms with Crippen LogP contribution in [0.2, 0.25) is 5.02 Å². The number of Topliss-reactive ketones (excluding diaryl/α,β-unsaturated/α-hetero) is 1. The van der Waals surface area contributed by atoms with Crippen LogP contribution >= 0.6 is 11.6 Å². The van der Waals surface area contributed by atoms with Crippen LogP contribution in [0, 0.1) is 0 Å². The van der Waals surface area contributed by atoms with Crippen molar-refractivity contribution in [1.82, 2.24) is 25.1 Å². The second kappa shape index (κ2) is 8.04. The molecule has 0 aliphatic carbocycles. The van der Waals surface area contributed by atoms with E-state index in [1.54, 1.807) is 43.3 Å². The number of ketones is 1. The SMILES string of the molecule is CN(C)/C=C(/C(=O)c1ccc(C(F)(F)F)cc1)c1nnnn1-c1ccc(Cl)cc1. The van der Waals surface area contributed by atoms with Crippen LogP contribution in [0.25, 0.3) is 11.3 Å². The van der Waals surface area contributed by atoms with E-state index in [2.05, 4.69) is 15.5 Å². The molecule has 0 fully saturated rings. The van der Waals surface area contributed by atoms with E-state index in [9.17, 15) is 18.0 Å². The molecule has 3 rings (SSSR count). The first kappa shape index (κ1) is 20.5. The van der Waals surface area contributed by atoms with Gasteiger partial charge in [-0.3, -0.25) is 4.79 Å². The Morgan fingerprint density at radius 3 is 2.24 bits per heavy atom. The number of alkyl halides is 3. The lowest BCUT2D eigenvalue weighted by Crippen LogP contribution is -2.14. The number of carbonyl (C=O) groups excluding carboxylic acids is 1. The minimum Gasteiger partial charge on any atom is -0.383 e. The van der Waals surface area contributed by atoms with E-state index < -0.39 is 17.5 Å². The highest BCUT2D eigenvalue weighted by Crippen LogP contribution is 2.30. The van der Waals surface area contributed by atoms with Crippen LogP contribution in [0.15, 0.2) is 54.7 Å². The van der Waals surface area contributed by atoms with Gasteiger partial charge in [-0.2, -0.15) is 17.9 Å². The van der Waals surface area contributed by atoms with E-state index in [0.29, 0.717) is 10.7 Å². The fourth-order valence-corrected chi connectivity index (χ4v) is 2.68. The molecule has 1 aromatic heterocycles. The highest BCUT2D eigenvalue weighted by atomic mass is 35.5. The molecule has 0 aliphatic rings. The third kappa shape index (κ3) is 4.62. The zero-order valence-corrected chi connectivity index (χ0v) is 16.1. The number of aromatic nitrogens is 4. The van der Waals surface area contributed by atoms with Crippen molar-refractivity contribution in [2.75, 3.05) is 14.1 Å². The minimum absolute atomic E-state index is 0.0803. The van der Waals surface area contributed by atoms with Gasteiger partial charge in [-0.1, -0.05) is 23.7 Å². The van der Waals surface area contributed by atoms with Crippen LogP contribution < -0.4 is 0 Å². The lowest BCUT2D eigenvalue weighted by molar-refractivity contribution is -0.137. The zero-order valence-electron chi connectivity index (χ0n) is 15.4. The molecule has 0 amide bonds. The largest absolute Gasteiger partial charge is 0.416 e. The Labute approximate surface area is 169 Å². The maximum atomic E-state index is 13.1. The monoisotopic (exact) mass is 421 g/mol. The Bertz CT molecular complexity index is 1040. The Morgan fingerprint density at radius 1 is 1.07 bits per heavy atom. The first-order valence-corrected chi connectivity index (χ1v) is 8.69. The van der Waals surface area contributed by atoms with Gasteiger partial charge in [0.25, 0.3) is 0 Å². The molecule has 0 bridgehead atoms. The quantitative estimate of drug-likeness (QED) is 0.458. The van der Waals surface area contributed by atoms with Crippen molar-refractivity contribution < 1.29 is 18.0 Å². The fraction of sp³-hybridized carbons (Fsp3) is 0.158. The highest BCUT2D eigenvalue weighted by molar-refractivity contribution is 6.30. The number of allylic oxidation sites excluding steroid dienone is 1. The van der Waals surface area contributed by atoms with E-state index in [0.717, 1.165) is 24.3 Å². The van der Waals surface area contributed by atoms with Crippen LogP contribution in [-0.4, -0.2) is 45.0 Å². The molecule has 3 aromatic rings. The lowest BCUT2D eigenvalue weighted by atomic mass is 10.0. The van der Waals surface area contributed by atoms with Crippen LogP contribution in [0.3, 0.4) is 0 Å².